The zero-order valence-electron chi connectivity index (χ0n) is 15.1. The average molecular weight is 378 g/mol. The number of carbonyl (C=O) groups is 1. The Morgan fingerprint density at radius 1 is 0.962 bits per heavy atom. The molecule has 3 aliphatic rings. The van der Waals surface area contributed by atoms with E-state index < -0.39 is 10.0 Å². The lowest BCUT2D eigenvalue weighted by Gasteiger charge is -2.38. The first kappa shape index (κ1) is 17.8. The smallest absolute Gasteiger partial charge is 0.254 e. The van der Waals surface area contributed by atoms with Crippen LogP contribution in [0.15, 0.2) is 24.3 Å². The summed E-state index contributed by atoms with van der Waals surface area (Å²) in [5.74, 6) is 0.198. The van der Waals surface area contributed by atoms with Crippen LogP contribution in [0, 0.1) is 0 Å². The van der Waals surface area contributed by atoms with Crippen molar-refractivity contribution in [3.63, 3.8) is 0 Å². The Balaban J connectivity index is 1.43. The van der Waals surface area contributed by atoms with Crippen molar-refractivity contribution in [2.24, 2.45) is 0 Å². The number of hydrogen-bond acceptors (Lipinski definition) is 4. The maximum Gasteiger partial charge on any atom is 0.254 e. The fourth-order valence-electron chi connectivity index (χ4n) is 4.47. The van der Waals surface area contributed by atoms with Crippen molar-refractivity contribution in [1.29, 1.82) is 0 Å². The summed E-state index contributed by atoms with van der Waals surface area (Å²) in [5.41, 5.74) is 1.19. The van der Waals surface area contributed by atoms with Crippen molar-refractivity contribution < 1.29 is 13.2 Å². The summed E-state index contributed by atoms with van der Waals surface area (Å²) in [6.45, 7) is 3.89. The van der Waals surface area contributed by atoms with Crippen molar-refractivity contribution >= 4 is 21.6 Å². The van der Waals surface area contributed by atoms with E-state index in [4.69, 9.17) is 0 Å². The predicted molar refractivity (Wildman–Crippen MR) is 102 cm³/mol. The van der Waals surface area contributed by atoms with Gasteiger partial charge in [-0.1, -0.05) is 18.9 Å². The Hall–Kier alpha value is -1.60. The van der Waals surface area contributed by atoms with Crippen LogP contribution in [0.4, 0.5) is 5.69 Å². The van der Waals surface area contributed by atoms with Crippen molar-refractivity contribution in [2.75, 3.05) is 42.8 Å². The Labute approximate surface area is 155 Å². The highest BCUT2D eigenvalue weighted by molar-refractivity contribution is 7.93. The second-order valence-electron chi connectivity index (χ2n) is 7.56. The minimum atomic E-state index is -3.22. The quantitative estimate of drug-likeness (QED) is 0.808. The van der Waals surface area contributed by atoms with Gasteiger partial charge in [-0.15, -0.1) is 0 Å². The van der Waals surface area contributed by atoms with E-state index >= 15 is 0 Å². The molecule has 0 unspecified atom stereocenters. The number of hydrogen-bond donors (Lipinski definition) is 0. The van der Waals surface area contributed by atoms with Gasteiger partial charge in [0.25, 0.3) is 5.91 Å². The molecule has 0 radical (unpaired) electrons. The molecule has 0 aromatic heterocycles. The zero-order valence-corrected chi connectivity index (χ0v) is 16.0. The van der Waals surface area contributed by atoms with Gasteiger partial charge in [-0.05, 0) is 37.5 Å². The first-order valence-electron chi connectivity index (χ1n) is 9.68. The highest BCUT2D eigenvalue weighted by Crippen LogP contribution is 2.27. The van der Waals surface area contributed by atoms with E-state index in [0.29, 0.717) is 30.3 Å². The van der Waals surface area contributed by atoms with Crippen LogP contribution in [0.2, 0.25) is 0 Å². The second-order valence-corrected chi connectivity index (χ2v) is 9.57. The van der Waals surface area contributed by atoms with Gasteiger partial charge in [-0.2, -0.15) is 0 Å². The van der Waals surface area contributed by atoms with E-state index in [9.17, 15) is 13.2 Å². The standard InChI is InChI=1S/C19H27N3O3S/c23-19(21-12-10-20(11-13-21)17-6-1-2-7-17)16-5-3-8-18(15-16)22-9-4-14-26(22,24)25/h3,5,8,15,17H,1-2,4,6-7,9-14H2. The van der Waals surface area contributed by atoms with Gasteiger partial charge in [0.15, 0.2) is 0 Å². The lowest BCUT2D eigenvalue weighted by Crippen LogP contribution is -2.51. The van der Waals surface area contributed by atoms with Gasteiger partial charge in [0.1, 0.15) is 0 Å². The molecule has 1 aromatic rings. The molecule has 0 atom stereocenters. The van der Waals surface area contributed by atoms with Crippen LogP contribution in [-0.4, -0.2) is 68.6 Å². The SMILES string of the molecule is O=C(c1cccc(N2CCCS2(=O)=O)c1)N1CCN(C2CCCC2)CC1. The molecule has 6 nitrogen and oxygen atoms in total. The largest absolute Gasteiger partial charge is 0.336 e. The fraction of sp³-hybridized carbons (Fsp3) is 0.632. The topological polar surface area (TPSA) is 60.9 Å². The van der Waals surface area contributed by atoms with Crippen LogP contribution in [-0.2, 0) is 10.0 Å². The van der Waals surface area contributed by atoms with Crippen LogP contribution < -0.4 is 4.31 Å². The van der Waals surface area contributed by atoms with E-state index in [2.05, 4.69) is 4.90 Å². The highest BCUT2D eigenvalue weighted by atomic mass is 32.2. The van der Waals surface area contributed by atoms with Crippen LogP contribution in [0.1, 0.15) is 42.5 Å². The molecule has 26 heavy (non-hydrogen) atoms. The molecule has 1 aromatic carbocycles. The molecular formula is C19H27N3O3S. The van der Waals surface area contributed by atoms with E-state index in [0.717, 1.165) is 26.2 Å². The molecule has 2 saturated heterocycles. The zero-order chi connectivity index (χ0) is 18.1. The van der Waals surface area contributed by atoms with E-state index in [1.807, 2.05) is 4.90 Å². The van der Waals surface area contributed by atoms with Gasteiger partial charge in [-0.25, -0.2) is 8.42 Å². The van der Waals surface area contributed by atoms with Crippen molar-refractivity contribution in [2.45, 2.75) is 38.1 Å². The van der Waals surface area contributed by atoms with Gasteiger partial charge < -0.3 is 4.90 Å². The summed E-state index contributed by atoms with van der Waals surface area (Å²) in [7, 11) is -3.22. The average Bonchev–Trinajstić information content (AvgIpc) is 3.31. The Bertz CT molecular complexity index is 766. The van der Waals surface area contributed by atoms with Gasteiger partial charge in [0.2, 0.25) is 10.0 Å². The molecule has 2 heterocycles. The molecule has 2 aliphatic heterocycles. The molecule has 0 N–H and O–H groups in total. The summed E-state index contributed by atoms with van der Waals surface area (Å²) in [6.07, 6.45) is 5.89. The minimum Gasteiger partial charge on any atom is -0.336 e. The third kappa shape index (κ3) is 3.47. The highest BCUT2D eigenvalue weighted by Gasteiger charge is 2.30. The van der Waals surface area contributed by atoms with E-state index in [-0.39, 0.29) is 11.7 Å². The number of sulfonamides is 1. The summed E-state index contributed by atoms with van der Waals surface area (Å²) in [4.78, 5) is 17.3. The fourth-order valence-corrected chi connectivity index (χ4v) is 6.02. The molecule has 7 heteroatoms. The molecule has 0 bridgehead atoms. The van der Waals surface area contributed by atoms with Gasteiger partial charge >= 0.3 is 0 Å². The predicted octanol–water partition coefficient (Wildman–Crippen LogP) is 1.93. The molecule has 3 fully saturated rings. The van der Waals surface area contributed by atoms with Crippen LogP contribution in [0.5, 0.6) is 0 Å². The van der Waals surface area contributed by atoms with Crippen LogP contribution >= 0.6 is 0 Å². The third-order valence-electron chi connectivity index (χ3n) is 5.92. The van der Waals surface area contributed by atoms with Gasteiger partial charge in [0, 0.05) is 44.3 Å². The van der Waals surface area contributed by atoms with Crippen LogP contribution in [0.3, 0.4) is 0 Å². The Morgan fingerprint density at radius 2 is 1.69 bits per heavy atom. The third-order valence-corrected chi connectivity index (χ3v) is 7.79. The number of piperazine rings is 1. The Kier molecular flexibility index (Phi) is 4.92. The normalized spacial score (nSPS) is 24.3. The van der Waals surface area contributed by atoms with Gasteiger partial charge in [0.05, 0.1) is 11.4 Å². The van der Waals surface area contributed by atoms with Crippen molar-refractivity contribution in [3.05, 3.63) is 29.8 Å². The summed E-state index contributed by atoms with van der Waals surface area (Å²) in [6, 6.07) is 7.78. The van der Waals surface area contributed by atoms with E-state index in [1.165, 1.54) is 30.0 Å². The summed E-state index contributed by atoms with van der Waals surface area (Å²) >= 11 is 0. The number of nitrogens with zero attached hydrogens (tertiary/aromatic N) is 3. The number of rotatable bonds is 3. The maximum absolute atomic E-state index is 12.9. The Morgan fingerprint density at radius 3 is 2.35 bits per heavy atom. The molecule has 1 amide bonds. The van der Waals surface area contributed by atoms with Crippen molar-refractivity contribution in [1.82, 2.24) is 9.80 Å². The molecule has 1 aliphatic carbocycles. The lowest BCUT2D eigenvalue weighted by atomic mass is 10.1. The van der Waals surface area contributed by atoms with E-state index in [1.54, 1.807) is 24.3 Å². The number of amides is 1. The molecule has 0 spiro atoms. The molecule has 1 saturated carbocycles. The molecule has 4 rings (SSSR count). The number of carbonyl (C=O) groups excluding carboxylic acids is 1. The first-order chi connectivity index (χ1) is 12.5. The molecule has 142 valence electrons. The monoisotopic (exact) mass is 377 g/mol. The lowest BCUT2D eigenvalue weighted by molar-refractivity contribution is 0.0573. The molecular weight excluding hydrogens is 350 g/mol. The van der Waals surface area contributed by atoms with Crippen LogP contribution in [0.25, 0.3) is 0 Å². The van der Waals surface area contributed by atoms with Crippen molar-refractivity contribution in [3.8, 4) is 0 Å². The minimum absolute atomic E-state index is 0.00881. The number of anilines is 1. The second kappa shape index (κ2) is 7.19. The first-order valence-corrected chi connectivity index (χ1v) is 11.3. The van der Waals surface area contributed by atoms with Gasteiger partial charge in [-0.3, -0.25) is 14.0 Å². The number of benzene rings is 1. The maximum atomic E-state index is 12.9. The summed E-state index contributed by atoms with van der Waals surface area (Å²) < 4.78 is 25.7. The summed E-state index contributed by atoms with van der Waals surface area (Å²) in [5, 5.41) is 0.